The van der Waals surface area contributed by atoms with Crippen LogP contribution in [0.4, 0.5) is 0 Å². The fraction of sp³-hybridized carbons (Fsp3) is 0.667. The normalized spacial score (nSPS) is 28.7. The van der Waals surface area contributed by atoms with Crippen molar-refractivity contribution in [3.63, 3.8) is 0 Å². The van der Waals surface area contributed by atoms with E-state index in [-0.39, 0.29) is 0 Å². The smallest absolute Gasteiger partial charge is 0.0409 e. The second-order valence-corrected chi connectivity index (χ2v) is 7.26. The predicted octanol–water partition coefficient (Wildman–Crippen LogP) is 4.08. The van der Waals surface area contributed by atoms with Crippen LogP contribution in [-0.2, 0) is 6.54 Å². The fourth-order valence-electron chi connectivity index (χ4n) is 3.89. The van der Waals surface area contributed by atoms with Crippen LogP contribution in [0.2, 0.25) is 5.02 Å². The third-order valence-corrected chi connectivity index (χ3v) is 5.46. The van der Waals surface area contributed by atoms with Crippen molar-refractivity contribution >= 4 is 11.6 Å². The fourth-order valence-corrected chi connectivity index (χ4v) is 4.10. The van der Waals surface area contributed by atoms with Gasteiger partial charge in [0.15, 0.2) is 0 Å². The first kappa shape index (κ1) is 15.3. The Bertz CT molecular complexity index is 456. The van der Waals surface area contributed by atoms with Gasteiger partial charge in [0.05, 0.1) is 0 Å². The highest BCUT2D eigenvalue weighted by atomic mass is 35.5. The van der Waals surface area contributed by atoms with E-state index in [0.29, 0.717) is 12.1 Å². The molecule has 21 heavy (non-hydrogen) atoms. The third kappa shape index (κ3) is 4.00. The number of piperazine rings is 1. The average molecular weight is 307 g/mol. The van der Waals surface area contributed by atoms with Gasteiger partial charge in [-0.3, -0.25) is 4.90 Å². The predicted molar refractivity (Wildman–Crippen MR) is 89.7 cm³/mol. The molecule has 2 fully saturated rings. The Morgan fingerprint density at radius 3 is 2.81 bits per heavy atom. The second-order valence-electron chi connectivity index (χ2n) is 6.82. The van der Waals surface area contributed by atoms with Crippen molar-refractivity contribution in [3.8, 4) is 0 Å². The highest BCUT2D eigenvalue weighted by molar-refractivity contribution is 6.30. The Morgan fingerprint density at radius 1 is 1.24 bits per heavy atom. The highest BCUT2D eigenvalue weighted by Gasteiger charge is 2.30. The maximum Gasteiger partial charge on any atom is 0.0409 e. The van der Waals surface area contributed by atoms with Crippen molar-refractivity contribution in [2.75, 3.05) is 13.1 Å². The van der Waals surface area contributed by atoms with Crippen LogP contribution in [0.25, 0.3) is 0 Å². The summed E-state index contributed by atoms with van der Waals surface area (Å²) in [4.78, 5) is 2.63. The maximum absolute atomic E-state index is 6.12. The molecule has 1 saturated heterocycles. The lowest BCUT2D eigenvalue weighted by Gasteiger charge is -2.43. The molecule has 2 unspecified atom stereocenters. The zero-order chi connectivity index (χ0) is 14.7. The highest BCUT2D eigenvalue weighted by Crippen LogP contribution is 2.29. The molecule has 0 spiro atoms. The molecule has 1 N–H and O–H groups in total. The SMILES string of the molecule is CC1CNC(C2CCCCC2)CN1Cc1cccc(Cl)c1. The van der Waals surface area contributed by atoms with E-state index in [1.807, 2.05) is 6.07 Å². The van der Waals surface area contributed by atoms with E-state index in [4.69, 9.17) is 11.6 Å². The summed E-state index contributed by atoms with van der Waals surface area (Å²) < 4.78 is 0. The number of rotatable bonds is 3. The Labute approximate surface area is 133 Å². The molecule has 2 atom stereocenters. The van der Waals surface area contributed by atoms with E-state index in [0.717, 1.165) is 24.0 Å². The van der Waals surface area contributed by atoms with Gasteiger partial charge in [-0.05, 0) is 43.4 Å². The zero-order valence-electron chi connectivity index (χ0n) is 13.0. The maximum atomic E-state index is 6.12. The summed E-state index contributed by atoms with van der Waals surface area (Å²) in [6, 6.07) is 9.59. The molecular weight excluding hydrogens is 280 g/mol. The van der Waals surface area contributed by atoms with Gasteiger partial charge < -0.3 is 5.32 Å². The number of hydrogen-bond acceptors (Lipinski definition) is 2. The molecule has 0 amide bonds. The van der Waals surface area contributed by atoms with Gasteiger partial charge in [-0.2, -0.15) is 0 Å². The molecule has 1 saturated carbocycles. The number of nitrogens with one attached hydrogen (secondary N) is 1. The first-order chi connectivity index (χ1) is 10.2. The zero-order valence-corrected chi connectivity index (χ0v) is 13.8. The molecule has 116 valence electrons. The first-order valence-corrected chi connectivity index (χ1v) is 8.82. The summed E-state index contributed by atoms with van der Waals surface area (Å²) in [6.07, 6.45) is 7.11. The summed E-state index contributed by atoms with van der Waals surface area (Å²) >= 11 is 6.12. The van der Waals surface area contributed by atoms with Gasteiger partial charge in [-0.15, -0.1) is 0 Å². The van der Waals surface area contributed by atoms with E-state index in [1.165, 1.54) is 44.2 Å². The van der Waals surface area contributed by atoms with Crippen LogP contribution in [0.3, 0.4) is 0 Å². The molecule has 1 heterocycles. The van der Waals surface area contributed by atoms with Crippen LogP contribution >= 0.6 is 11.6 Å². The van der Waals surface area contributed by atoms with Gasteiger partial charge in [0.25, 0.3) is 0 Å². The van der Waals surface area contributed by atoms with Crippen molar-refractivity contribution in [2.24, 2.45) is 5.92 Å². The van der Waals surface area contributed by atoms with Crippen molar-refractivity contribution < 1.29 is 0 Å². The third-order valence-electron chi connectivity index (χ3n) is 5.22. The van der Waals surface area contributed by atoms with Crippen LogP contribution in [-0.4, -0.2) is 30.1 Å². The minimum absolute atomic E-state index is 0.601. The van der Waals surface area contributed by atoms with Crippen molar-refractivity contribution in [3.05, 3.63) is 34.9 Å². The molecule has 1 aromatic carbocycles. The molecule has 0 bridgehead atoms. The second kappa shape index (κ2) is 7.13. The van der Waals surface area contributed by atoms with E-state index in [2.05, 4.69) is 35.3 Å². The van der Waals surface area contributed by atoms with Gasteiger partial charge in [0, 0.05) is 36.7 Å². The molecule has 1 aliphatic carbocycles. The Balaban J connectivity index is 1.63. The minimum atomic E-state index is 0.601. The summed E-state index contributed by atoms with van der Waals surface area (Å²) in [5, 5.41) is 4.64. The lowest BCUT2D eigenvalue weighted by atomic mass is 9.82. The van der Waals surface area contributed by atoms with Gasteiger partial charge in [-0.25, -0.2) is 0 Å². The number of halogens is 1. The molecule has 3 rings (SSSR count). The van der Waals surface area contributed by atoms with Gasteiger partial charge >= 0.3 is 0 Å². The summed E-state index contributed by atoms with van der Waals surface area (Å²) in [5.74, 6) is 0.883. The summed E-state index contributed by atoms with van der Waals surface area (Å²) in [5.41, 5.74) is 1.33. The van der Waals surface area contributed by atoms with Crippen LogP contribution in [0.15, 0.2) is 24.3 Å². The quantitative estimate of drug-likeness (QED) is 0.905. The van der Waals surface area contributed by atoms with Crippen LogP contribution in [0, 0.1) is 5.92 Å². The molecule has 2 aliphatic rings. The molecule has 1 aliphatic heterocycles. The van der Waals surface area contributed by atoms with E-state index in [1.54, 1.807) is 0 Å². The Hall–Kier alpha value is -0.570. The lowest BCUT2D eigenvalue weighted by molar-refractivity contribution is 0.0981. The van der Waals surface area contributed by atoms with Crippen LogP contribution in [0.1, 0.15) is 44.6 Å². The van der Waals surface area contributed by atoms with Crippen molar-refractivity contribution in [1.29, 1.82) is 0 Å². The molecule has 0 aromatic heterocycles. The van der Waals surface area contributed by atoms with Crippen molar-refractivity contribution in [1.82, 2.24) is 10.2 Å². The van der Waals surface area contributed by atoms with Crippen molar-refractivity contribution in [2.45, 2.75) is 57.7 Å². The minimum Gasteiger partial charge on any atom is -0.311 e. The molecule has 3 heteroatoms. The van der Waals surface area contributed by atoms with E-state index in [9.17, 15) is 0 Å². The summed E-state index contributed by atoms with van der Waals surface area (Å²) in [7, 11) is 0. The van der Waals surface area contributed by atoms with Crippen LogP contribution in [0.5, 0.6) is 0 Å². The number of benzene rings is 1. The first-order valence-electron chi connectivity index (χ1n) is 8.44. The monoisotopic (exact) mass is 306 g/mol. The van der Waals surface area contributed by atoms with Gasteiger partial charge in [-0.1, -0.05) is 43.0 Å². The topological polar surface area (TPSA) is 15.3 Å². The number of nitrogens with zero attached hydrogens (tertiary/aromatic N) is 1. The van der Waals surface area contributed by atoms with Gasteiger partial charge in [0.2, 0.25) is 0 Å². The Kier molecular flexibility index (Phi) is 5.20. The standard InChI is InChI=1S/C18H27ClN2/c1-14-11-20-18(16-7-3-2-4-8-16)13-21(14)12-15-6-5-9-17(19)10-15/h5-6,9-10,14,16,18,20H,2-4,7-8,11-13H2,1H3. The van der Waals surface area contributed by atoms with E-state index < -0.39 is 0 Å². The van der Waals surface area contributed by atoms with Gasteiger partial charge in [0.1, 0.15) is 0 Å². The number of hydrogen-bond donors (Lipinski definition) is 1. The molecule has 2 nitrogen and oxygen atoms in total. The van der Waals surface area contributed by atoms with Crippen LogP contribution < -0.4 is 5.32 Å². The lowest BCUT2D eigenvalue weighted by Crippen LogP contribution is -2.57. The molecular formula is C18H27ClN2. The van der Waals surface area contributed by atoms with E-state index >= 15 is 0 Å². The summed E-state index contributed by atoms with van der Waals surface area (Å²) in [6.45, 7) is 5.64. The Morgan fingerprint density at radius 2 is 2.05 bits per heavy atom. The average Bonchev–Trinajstić information content (AvgIpc) is 2.50. The largest absolute Gasteiger partial charge is 0.311 e. The molecule has 0 radical (unpaired) electrons. The molecule has 1 aromatic rings.